The summed E-state index contributed by atoms with van der Waals surface area (Å²) >= 11 is 0. The third-order valence-electron chi connectivity index (χ3n) is 14.4. The van der Waals surface area contributed by atoms with Gasteiger partial charge in [0.05, 0.1) is 27.8 Å². The first kappa shape index (κ1) is 42.9. The van der Waals surface area contributed by atoms with Gasteiger partial charge in [0.2, 0.25) is 0 Å². The van der Waals surface area contributed by atoms with Crippen LogP contribution in [0.3, 0.4) is 0 Å². The van der Waals surface area contributed by atoms with E-state index in [0.29, 0.717) is 17.5 Å². The van der Waals surface area contributed by atoms with Crippen LogP contribution in [-0.4, -0.2) is 24.1 Å². The van der Waals surface area contributed by atoms with Gasteiger partial charge in [-0.3, -0.25) is 0 Å². The Bertz CT molecular complexity index is 4380. The minimum Gasteiger partial charge on any atom is -0.307 e. The first-order valence-electron chi connectivity index (χ1n) is 25.1. The molecule has 3 heterocycles. The average Bonchev–Trinajstić information content (AvgIpc) is 4.01. The fraction of sp³-hybridized carbons (Fsp3) is 0. The Morgan fingerprint density at radius 1 is 0.230 bits per heavy atom. The van der Waals surface area contributed by atoms with Gasteiger partial charge in [-0.25, -0.2) is 15.0 Å². The molecule has 0 saturated carbocycles. The van der Waals surface area contributed by atoms with E-state index in [1.807, 2.05) is 12.1 Å². The van der Waals surface area contributed by atoms with Crippen molar-refractivity contribution in [2.75, 3.05) is 0 Å². The molecular weight excluding hydrogens is 899 g/mol. The fourth-order valence-electron chi connectivity index (χ4n) is 10.9. The summed E-state index contributed by atoms with van der Waals surface area (Å²) in [4.78, 5) is 15.9. The normalized spacial score (nSPS) is 11.5. The van der Waals surface area contributed by atoms with Gasteiger partial charge < -0.3 is 9.13 Å². The van der Waals surface area contributed by atoms with E-state index in [0.717, 1.165) is 83.2 Å². The summed E-state index contributed by atoms with van der Waals surface area (Å²) in [6, 6.07) is 97.1. The van der Waals surface area contributed by atoms with E-state index in [-0.39, 0.29) is 0 Å². The molecule has 14 aromatic rings. The number of benzene rings is 11. The van der Waals surface area contributed by atoms with Crippen molar-refractivity contribution in [2.24, 2.45) is 0 Å². The third-order valence-corrected chi connectivity index (χ3v) is 14.4. The van der Waals surface area contributed by atoms with Crippen LogP contribution in [0.1, 0.15) is 0 Å². The minimum absolute atomic E-state index is 0.604. The predicted molar refractivity (Wildman–Crippen MR) is 307 cm³/mol. The largest absolute Gasteiger partial charge is 0.307 e. The lowest BCUT2D eigenvalue weighted by Crippen LogP contribution is -2.02. The molecule has 74 heavy (non-hydrogen) atoms. The maximum atomic E-state index is 5.34. The molecule has 14 rings (SSSR count). The Morgan fingerprint density at radius 2 is 0.662 bits per heavy atom. The zero-order chi connectivity index (χ0) is 49.0. The Hall–Kier alpha value is -9.97. The van der Waals surface area contributed by atoms with Gasteiger partial charge in [0.25, 0.3) is 0 Å². The molecule has 0 fully saturated rings. The lowest BCUT2D eigenvalue weighted by atomic mass is 9.99. The summed E-state index contributed by atoms with van der Waals surface area (Å²) in [7, 11) is 0. The van der Waals surface area contributed by atoms with E-state index in [9.17, 15) is 0 Å². The highest BCUT2D eigenvalue weighted by atomic mass is 15.1. The van der Waals surface area contributed by atoms with Crippen molar-refractivity contribution < 1.29 is 0 Å². The Kier molecular flexibility index (Phi) is 10.4. The molecule has 5 nitrogen and oxygen atoms in total. The van der Waals surface area contributed by atoms with Crippen molar-refractivity contribution in [1.29, 1.82) is 0 Å². The van der Waals surface area contributed by atoms with Gasteiger partial charge >= 0.3 is 0 Å². The fourth-order valence-corrected chi connectivity index (χ4v) is 10.9. The number of nitrogens with zero attached hydrogens (tertiary/aromatic N) is 5. The van der Waals surface area contributed by atoms with Gasteiger partial charge in [-0.2, -0.15) is 0 Å². The van der Waals surface area contributed by atoms with Gasteiger partial charge in [-0.05, 0) is 93.0 Å². The van der Waals surface area contributed by atoms with Crippen LogP contribution in [-0.2, 0) is 0 Å². The summed E-state index contributed by atoms with van der Waals surface area (Å²) in [5.41, 5.74) is 18.6. The molecule has 346 valence electrons. The van der Waals surface area contributed by atoms with Gasteiger partial charge in [0.15, 0.2) is 17.5 Å². The lowest BCUT2D eigenvalue weighted by molar-refractivity contribution is 1.07. The van der Waals surface area contributed by atoms with Gasteiger partial charge in [-0.15, -0.1) is 0 Å². The minimum atomic E-state index is 0.604. The highest BCUT2D eigenvalue weighted by Crippen LogP contribution is 2.42. The summed E-state index contributed by atoms with van der Waals surface area (Å²) in [6.45, 7) is 0. The molecule has 0 radical (unpaired) electrons. The Morgan fingerprint density at radius 3 is 1.32 bits per heavy atom. The van der Waals surface area contributed by atoms with Crippen molar-refractivity contribution in [2.45, 2.75) is 0 Å². The molecule has 0 atom stereocenters. The molecule has 0 unspecified atom stereocenters. The maximum Gasteiger partial charge on any atom is 0.164 e. The van der Waals surface area contributed by atoms with Crippen molar-refractivity contribution in [3.8, 4) is 90.0 Å². The number of fused-ring (bicyclic) bond motifs is 6. The summed E-state index contributed by atoms with van der Waals surface area (Å²) in [5.74, 6) is 1.83. The summed E-state index contributed by atoms with van der Waals surface area (Å²) < 4.78 is 4.88. The quantitative estimate of drug-likeness (QED) is 0.145. The molecule has 0 bridgehead atoms. The number of hydrogen-bond acceptors (Lipinski definition) is 3. The van der Waals surface area contributed by atoms with Crippen molar-refractivity contribution in [3.63, 3.8) is 0 Å². The number of hydrogen-bond donors (Lipinski definition) is 0. The molecule has 5 heteroatoms. The molecule has 0 N–H and O–H groups in total. The number of aromatic nitrogens is 5. The van der Waals surface area contributed by atoms with Crippen molar-refractivity contribution in [1.82, 2.24) is 24.1 Å². The monoisotopic (exact) mass is 943 g/mol. The third kappa shape index (κ3) is 7.46. The van der Waals surface area contributed by atoms with E-state index in [4.69, 9.17) is 15.0 Å². The van der Waals surface area contributed by atoms with Crippen LogP contribution in [0, 0.1) is 0 Å². The van der Waals surface area contributed by atoms with Crippen LogP contribution in [0.25, 0.3) is 134 Å². The van der Waals surface area contributed by atoms with Gasteiger partial charge in [0, 0.05) is 43.9 Å². The second-order valence-electron chi connectivity index (χ2n) is 18.8. The molecule has 3 aromatic heterocycles. The van der Waals surface area contributed by atoms with Crippen LogP contribution >= 0.6 is 0 Å². The molecular formula is C69H45N5. The van der Waals surface area contributed by atoms with E-state index in [1.54, 1.807) is 0 Å². The Labute approximate surface area is 428 Å². The second kappa shape index (κ2) is 18.0. The summed E-state index contributed by atoms with van der Waals surface area (Å²) in [5, 5.41) is 4.66. The average molecular weight is 944 g/mol. The highest BCUT2D eigenvalue weighted by molar-refractivity contribution is 6.15. The van der Waals surface area contributed by atoms with Crippen LogP contribution in [0.15, 0.2) is 273 Å². The van der Waals surface area contributed by atoms with Crippen molar-refractivity contribution in [3.05, 3.63) is 273 Å². The second-order valence-corrected chi connectivity index (χ2v) is 18.8. The predicted octanol–water partition coefficient (Wildman–Crippen LogP) is 17.7. The summed E-state index contributed by atoms with van der Waals surface area (Å²) in [6.07, 6.45) is 0. The Balaban J connectivity index is 0.928. The molecule has 0 saturated heterocycles. The smallest absolute Gasteiger partial charge is 0.164 e. The number of rotatable bonds is 9. The molecule has 0 aliphatic heterocycles. The molecule has 0 aliphatic carbocycles. The lowest BCUT2D eigenvalue weighted by Gasteiger charge is -2.15. The topological polar surface area (TPSA) is 48.5 Å². The first-order valence-corrected chi connectivity index (χ1v) is 25.1. The molecule has 0 aliphatic rings. The zero-order valence-electron chi connectivity index (χ0n) is 40.2. The van der Waals surface area contributed by atoms with E-state index < -0.39 is 0 Å². The SMILES string of the molecule is c1ccc(-c2ccc(-c3ccc(-c4nc(-c5ccc6c(c5)c5ccccc5n6-c5cccc6c7ccccc7n(-c7cccc(-c8ccccc8)c7)c56)nc(-c5ccccc5-c5ccccc5)n4)cc3)cc2)cc1. The van der Waals surface area contributed by atoms with E-state index >= 15 is 0 Å². The number of para-hydroxylation sites is 3. The van der Waals surface area contributed by atoms with Crippen LogP contribution in [0.2, 0.25) is 0 Å². The highest BCUT2D eigenvalue weighted by Gasteiger charge is 2.22. The van der Waals surface area contributed by atoms with E-state index in [1.165, 1.54) is 33.0 Å². The van der Waals surface area contributed by atoms with Crippen molar-refractivity contribution >= 4 is 43.6 Å². The standard InChI is InChI=1S/C69H45N5/c1-4-18-46(19-5-1)48-34-36-49(37-35-48)50-38-40-52(41-39-50)67-70-68(72-69(71-67)60-29-11-10-26-56(60)51-22-8-3-9-23-51)54-42-43-64-61(45-54)58-28-13-15-32-63(58)74(64)65-33-17-30-59-57-27-12-14-31-62(57)73(66(59)65)55-25-16-24-53(44-55)47-20-6-2-7-21-47/h1-45H. The van der Waals surface area contributed by atoms with Gasteiger partial charge in [0.1, 0.15) is 0 Å². The zero-order valence-corrected chi connectivity index (χ0v) is 40.2. The molecule has 0 spiro atoms. The van der Waals surface area contributed by atoms with Crippen LogP contribution in [0.4, 0.5) is 0 Å². The first-order chi connectivity index (χ1) is 36.7. The van der Waals surface area contributed by atoms with Crippen LogP contribution in [0.5, 0.6) is 0 Å². The molecule has 11 aromatic carbocycles. The maximum absolute atomic E-state index is 5.34. The van der Waals surface area contributed by atoms with Crippen LogP contribution < -0.4 is 0 Å². The van der Waals surface area contributed by atoms with Gasteiger partial charge in [-0.1, -0.05) is 224 Å². The van der Waals surface area contributed by atoms with E-state index in [2.05, 4.69) is 270 Å². The molecule has 0 amide bonds.